The molecule has 0 aliphatic rings. The standard InChI is InChI=1S/C24H31FN2O2/c1-6-21(23(29)26-24(3,4)5)27(16-18-13-11-17(2)12-14-18)22(28)15-19-9-7-8-10-20(19)25/h7-14,21H,6,15-16H2,1-5H3,(H,26,29)/t21-/m0/s1. The lowest BCUT2D eigenvalue weighted by atomic mass is 10.0. The first-order chi connectivity index (χ1) is 13.6. The summed E-state index contributed by atoms with van der Waals surface area (Å²) in [4.78, 5) is 27.7. The lowest BCUT2D eigenvalue weighted by Crippen LogP contribution is -2.53. The first kappa shape index (κ1) is 22.6. The molecule has 0 saturated carbocycles. The largest absolute Gasteiger partial charge is 0.350 e. The molecule has 2 aromatic rings. The van der Waals surface area contributed by atoms with Crippen LogP contribution < -0.4 is 5.32 Å². The molecule has 1 N–H and O–H groups in total. The smallest absolute Gasteiger partial charge is 0.243 e. The van der Waals surface area contributed by atoms with E-state index in [1.54, 1.807) is 23.1 Å². The van der Waals surface area contributed by atoms with Crippen molar-refractivity contribution >= 4 is 11.8 Å². The van der Waals surface area contributed by atoms with Crippen molar-refractivity contribution in [1.82, 2.24) is 10.2 Å². The maximum atomic E-state index is 14.1. The van der Waals surface area contributed by atoms with E-state index in [-0.39, 0.29) is 18.2 Å². The van der Waals surface area contributed by atoms with Crippen LogP contribution in [0.15, 0.2) is 48.5 Å². The van der Waals surface area contributed by atoms with E-state index in [0.29, 0.717) is 18.5 Å². The maximum Gasteiger partial charge on any atom is 0.243 e. The average Bonchev–Trinajstić information content (AvgIpc) is 2.63. The quantitative estimate of drug-likeness (QED) is 0.752. The number of nitrogens with zero attached hydrogens (tertiary/aromatic N) is 1. The third kappa shape index (κ3) is 6.70. The fourth-order valence-corrected chi connectivity index (χ4v) is 3.17. The number of halogens is 1. The minimum absolute atomic E-state index is 0.0855. The van der Waals surface area contributed by atoms with Gasteiger partial charge < -0.3 is 10.2 Å². The van der Waals surface area contributed by atoms with Gasteiger partial charge in [-0.3, -0.25) is 9.59 Å². The minimum atomic E-state index is -0.630. The number of carbonyl (C=O) groups is 2. The summed E-state index contributed by atoms with van der Waals surface area (Å²) in [5, 5.41) is 2.97. The van der Waals surface area contributed by atoms with Crippen LogP contribution in [0.25, 0.3) is 0 Å². The molecule has 2 rings (SSSR count). The number of rotatable bonds is 7. The molecule has 0 unspecified atom stereocenters. The number of aryl methyl sites for hydroxylation is 1. The van der Waals surface area contributed by atoms with E-state index in [1.807, 2.05) is 58.9 Å². The molecule has 1 atom stereocenters. The molecule has 2 amide bonds. The summed E-state index contributed by atoms with van der Waals surface area (Å²) in [5.74, 6) is -0.885. The van der Waals surface area contributed by atoms with Crippen LogP contribution in [-0.2, 0) is 22.6 Å². The summed E-state index contributed by atoms with van der Waals surface area (Å²) in [6.07, 6.45) is 0.384. The van der Waals surface area contributed by atoms with Gasteiger partial charge in [0.05, 0.1) is 6.42 Å². The molecular formula is C24H31FN2O2. The van der Waals surface area contributed by atoms with Gasteiger partial charge in [0.2, 0.25) is 11.8 Å². The molecule has 0 fully saturated rings. The van der Waals surface area contributed by atoms with Crippen LogP contribution >= 0.6 is 0 Å². The van der Waals surface area contributed by atoms with Gasteiger partial charge in [0, 0.05) is 12.1 Å². The predicted octanol–water partition coefficient (Wildman–Crippen LogP) is 4.40. The number of nitrogens with one attached hydrogen (secondary N) is 1. The molecule has 0 aliphatic heterocycles. The Kier molecular flexibility index (Phi) is 7.54. The van der Waals surface area contributed by atoms with Gasteiger partial charge in [0.1, 0.15) is 11.9 Å². The Morgan fingerprint density at radius 3 is 2.24 bits per heavy atom. The van der Waals surface area contributed by atoms with Crippen molar-refractivity contribution in [2.45, 2.75) is 65.6 Å². The fraction of sp³-hybridized carbons (Fsp3) is 0.417. The van der Waals surface area contributed by atoms with Crippen LogP contribution in [0.2, 0.25) is 0 Å². The first-order valence-electron chi connectivity index (χ1n) is 10.0. The minimum Gasteiger partial charge on any atom is -0.350 e. The highest BCUT2D eigenvalue weighted by atomic mass is 19.1. The van der Waals surface area contributed by atoms with Gasteiger partial charge in [-0.1, -0.05) is 55.0 Å². The molecule has 5 heteroatoms. The molecule has 0 aromatic heterocycles. The van der Waals surface area contributed by atoms with Crippen molar-refractivity contribution < 1.29 is 14.0 Å². The lowest BCUT2D eigenvalue weighted by Gasteiger charge is -2.33. The van der Waals surface area contributed by atoms with Crippen LogP contribution in [0.4, 0.5) is 4.39 Å². The highest BCUT2D eigenvalue weighted by Crippen LogP contribution is 2.17. The number of amides is 2. The lowest BCUT2D eigenvalue weighted by molar-refractivity contribution is -0.141. The van der Waals surface area contributed by atoms with Gasteiger partial charge in [0.25, 0.3) is 0 Å². The second-order valence-corrected chi connectivity index (χ2v) is 8.44. The molecule has 0 spiro atoms. The van der Waals surface area contributed by atoms with Crippen molar-refractivity contribution in [1.29, 1.82) is 0 Å². The van der Waals surface area contributed by atoms with Crippen molar-refractivity contribution in [3.05, 3.63) is 71.0 Å². The Morgan fingerprint density at radius 1 is 1.07 bits per heavy atom. The van der Waals surface area contributed by atoms with Crippen molar-refractivity contribution in [3.8, 4) is 0 Å². The monoisotopic (exact) mass is 398 g/mol. The van der Waals surface area contributed by atoms with E-state index in [4.69, 9.17) is 0 Å². The summed E-state index contributed by atoms with van der Waals surface area (Å²) in [5.41, 5.74) is 1.97. The van der Waals surface area contributed by atoms with E-state index in [2.05, 4.69) is 5.32 Å². The van der Waals surface area contributed by atoms with E-state index in [0.717, 1.165) is 11.1 Å². The van der Waals surface area contributed by atoms with E-state index in [9.17, 15) is 14.0 Å². The third-order valence-electron chi connectivity index (χ3n) is 4.66. The Morgan fingerprint density at radius 2 is 1.69 bits per heavy atom. The molecule has 0 heterocycles. The maximum absolute atomic E-state index is 14.1. The molecule has 0 saturated heterocycles. The first-order valence-corrected chi connectivity index (χ1v) is 10.0. The van der Waals surface area contributed by atoms with Crippen LogP contribution in [0, 0.1) is 12.7 Å². The molecule has 0 bridgehead atoms. The van der Waals surface area contributed by atoms with Gasteiger partial charge in [-0.25, -0.2) is 4.39 Å². The highest BCUT2D eigenvalue weighted by molar-refractivity contribution is 5.88. The Bertz CT molecular complexity index is 841. The van der Waals surface area contributed by atoms with Gasteiger partial charge in [0.15, 0.2) is 0 Å². The second-order valence-electron chi connectivity index (χ2n) is 8.44. The molecule has 4 nitrogen and oxygen atoms in total. The zero-order chi connectivity index (χ0) is 21.6. The third-order valence-corrected chi connectivity index (χ3v) is 4.66. The number of benzene rings is 2. The Labute approximate surface area is 173 Å². The zero-order valence-corrected chi connectivity index (χ0v) is 18.0. The van der Waals surface area contributed by atoms with Crippen LogP contribution in [0.1, 0.15) is 50.8 Å². The van der Waals surface area contributed by atoms with Gasteiger partial charge in [-0.2, -0.15) is 0 Å². The number of hydrogen-bond donors (Lipinski definition) is 1. The molecule has 0 aliphatic carbocycles. The topological polar surface area (TPSA) is 49.4 Å². The van der Waals surface area contributed by atoms with Gasteiger partial charge in [-0.05, 0) is 51.3 Å². The Hall–Kier alpha value is -2.69. The van der Waals surface area contributed by atoms with Crippen molar-refractivity contribution in [2.24, 2.45) is 0 Å². The van der Waals surface area contributed by atoms with Crippen LogP contribution in [0.5, 0.6) is 0 Å². The molecule has 29 heavy (non-hydrogen) atoms. The second kappa shape index (κ2) is 9.68. The number of hydrogen-bond acceptors (Lipinski definition) is 2. The Balaban J connectivity index is 2.32. The SMILES string of the molecule is CC[C@@H](C(=O)NC(C)(C)C)N(Cc1ccc(C)cc1)C(=O)Cc1ccccc1F. The van der Waals surface area contributed by atoms with E-state index >= 15 is 0 Å². The summed E-state index contributed by atoms with van der Waals surface area (Å²) in [7, 11) is 0. The average molecular weight is 399 g/mol. The zero-order valence-electron chi connectivity index (χ0n) is 18.0. The molecule has 0 radical (unpaired) electrons. The van der Waals surface area contributed by atoms with Crippen LogP contribution in [-0.4, -0.2) is 28.3 Å². The summed E-state index contributed by atoms with van der Waals surface area (Å²) < 4.78 is 14.1. The molecular weight excluding hydrogens is 367 g/mol. The van der Waals surface area contributed by atoms with Gasteiger partial charge >= 0.3 is 0 Å². The van der Waals surface area contributed by atoms with Crippen molar-refractivity contribution in [2.75, 3.05) is 0 Å². The normalized spacial score (nSPS) is 12.3. The van der Waals surface area contributed by atoms with Gasteiger partial charge in [-0.15, -0.1) is 0 Å². The summed E-state index contributed by atoms with van der Waals surface area (Å²) in [6, 6.07) is 13.5. The fourth-order valence-electron chi connectivity index (χ4n) is 3.17. The summed E-state index contributed by atoms with van der Waals surface area (Å²) in [6.45, 7) is 9.89. The van der Waals surface area contributed by atoms with E-state index < -0.39 is 17.4 Å². The number of carbonyl (C=O) groups excluding carboxylic acids is 2. The molecule has 2 aromatic carbocycles. The highest BCUT2D eigenvalue weighted by Gasteiger charge is 2.30. The van der Waals surface area contributed by atoms with E-state index in [1.165, 1.54) is 6.07 Å². The predicted molar refractivity (Wildman–Crippen MR) is 114 cm³/mol. The summed E-state index contributed by atoms with van der Waals surface area (Å²) >= 11 is 0. The van der Waals surface area contributed by atoms with Crippen LogP contribution in [0.3, 0.4) is 0 Å². The van der Waals surface area contributed by atoms with Crippen molar-refractivity contribution in [3.63, 3.8) is 0 Å². The molecule has 156 valence electrons.